The Labute approximate surface area is 116 Å². The van der Waals surface area contributed by atoms with Crippen LogP contribution < -0.4 is 10.6 Å². The molecule has 1 aromatic heterocycles. The first-order valence-electron chi connectivity index (χ1n) is 5.94. The van der Waals surface area contributed by atoms with Gasteiger partial charge in [0.15, 0.2) is 0 Å². The van der Waals surface area contributed by atoms with Crippen molar-refractivity contribution in [3.63, 3.8) is 0 Å². The number of carboxylic acids is 1. The van der Waals surface area contributed by atoms with Gasteiger partial charge in [-0.1, -0.05) is 18.5 Å². The van der Waals surface area contributed by atoms with Crippen LogP contribution in [0.5, 0.6) is 0 Å². The second-order valence-corrected chi connectivity index (χ2v) is 4.28. The van der Waals surface area contributed by atoms with E-state index in [9.17, 15) is 9.59 Å². The Morgan fingerprint density at radius 3 is 2.74 bits per heavy atom. The first-order chi connectivity index (χ1) is 9.02. The fourth-order valence-electron chi connectivity index (χ4n) is 1.37. The third kappa shape index (κ3) is 5.56. The topological polar surface area (TPSA) is 91.3 Å². The second-order valence-electron chi connectivity index (χ2n) is 3.90. The maximum atomic E-state index is 11.3. The Morgan fingerprint density at radius 1 is 1.37 bits per heavy atom. The van der Waals surface area contributed by atoms with E-state index in [0.29, 0.717) is 18.9 Å². The standard InChI is InChI=1S/C12H16ClN3O3/c1-2-4-15-11(17)3-5-14-10-7-8(12(18)19)6-9(13)16-10/h6-7H,2-5H2,1H3,(H,14,16)(H,15,17)(H,18,19). The van der Waals surface area contributed by atoms with Crippen molar-refractivity contribution in [2.24, 2.45) is 0 Å². The summed E-state index contributed by atoms with van der Waals surface area (Å²) in [6, 6.07) is 2.64. The quantitative estimate of drug-likeness (QED) is 0.664. The van der Waals surface area contributed by atoms with Gasteiger partial charge in [0.1, 0.15) is 11.0 Å². The fourth-order valence-corrected chi connectivity index (χ4v) is 1.58. The summed E-state index contributed by atoms with van der Waals surface area (Å²) < 4.78 is 0. The minimum atomic E-state index is -1.08. The first kappa shape index (κ1) is 15.2. The number of carbonyl (C=O) groups is 2. The lowest BCUT2D eigenvalue weighted by atomic mass is 10.2. The van der Waals surface area contributed by atoms with Gasteiger partial charge < -0.3 is 15.7 Å². The van der Waals surface area contributed by atoms with Crippen molar-refractivity contribution in [2.75, 3.05) is 18.4 Å². The number of carboxylic acid groups (broad SMARTS) is 1. The zero-order valence-electron chi connectivity index (χ0n) is 10.6. The number of pyridine rings is 1. The second kappa shape index (κ2) is 7.58. The highest BCUT2D eigenvalue weighted by molar-refractivity contribution is 6.29. The molecule has 19 heavy (non-hydrogen) atoms. The lowest BCUT2D eigenvalue weighted by Gasteiger charge is -2.07. The minimum absolute atomic E-state index is 0.0536. The van der Waals surface area contributed by atoms with Gasteiger partial charge in [-0.3, -0.25) is 4.79 Å². The van der Waals surface area contributed by atoms with Gasteiger partial charge in [0.2, 0.25) is 5.91 Å². The first-order valence-corrected chi connectivity index (χ1v) is 6.32. The summed E-state index contributed by atoms with van der Waals surface area (Å²) >= 11 is 5.71. The summed E-state index contributed by atoms with van der Waals surface area (Å²) in [4.78, 5) is 26.1. The molecule has 0 aliphatic carbocycles. The van der Waals surface area contributed by atoms with Gasteiger partial charge in [0, 0.05) is 19.5 Å². The summed E-state index contributed by atoms with van der Waals surface area (Å²) in [7, 11) is 0. The Morgan fingerprint density at radius 2 is 2.11 bits per heavy atom. The highest BCUT2D eigenvalue weighted by Crippen LogP contribution is 2.14. The van der Waals surface area contributed by atoms with E-state index in [1.165, 1.54) is 12.1 Å². The Bertz CT molecular complexity index is 466. The molecule has 0 spiro atoms. The van der Waals surface area contributed by atoms with Crippen LogP contribution in [-0.2, 0) is 4.79 Å². The number of nitrogens with one attached hydrogen (secondary N) is 2. The van der Waals surface area contributed by atoms with E-state index in [4.69, 9.17) is 16.7 Å². The number of hydrogen-bond acceptors (Lipinski definition) is 4. The molecule has 7 heteroatoms. The summed E-state index contributed by atoms with van der Waals surface area (Å²) in [5.74, 6) is -0.795. The zero-order valence-corrected chi connectivity index (χ0v) is 11.3. The molecule has 104 valence electrons. The number of aromatic carboxylic acids is 1. The van der Waals surface area contributed by atoms with E-state index in [-0.39, 0.29) is 23.0 Å². The molecule has 0 saturated heterocycles. The minimum Gasteiger partial charge on any atom is -0.478 e. The smallest absolute Gasteiger partial charge is 0.335 e. The Balaban J connectivity index is 2.49. The molecule has 3 N–H and O–H groups in total. The van der Waals surface area contributed by atoms with Crippen LogP contribution in [-0.4, -0.2) is 35.1 Å². The van der Waals surface area contributed by atoms with Gasteiger partial charge in [0.05, 0.1) is 5.56 Å². The van der Waals surface area contributed by atoms with Gasteiger partial charge in [-0.05, 0) is 18.6 Å². The largest absolute Gasteiger partial charge is 0.478 e. The average molecular weight is 286 g/mol. The number of aromatic nitrogens is 1. The van der Waals surface area contributed by atoms with Gasteiger partial charge in [-0.2, -0.15) is 0 Å². The van der Waals surface area contributed by atoms with Crippen LogP contribution in [0.1, 0.15) is 30.1 Å². The fraction of sp³-hybridized carbons (Fsp3) is 0.417. The summed E-state index contributed by atoms with van der Waals surface area (Å²) in [6.07, 6.45) is 1.17. The molecule has 0 aliphatic rings. The number of rotatable bonds is 7. The molecular weight excluding hydrogens is 270 g/mol. The van der Waals surface area contributed by atoms with Crippen molar-refractivity contribution in [1.29, 1.82) is 0 Å². The van der Waals surface area contributed by atoms with Crippen molar-refractivity contribution in [2.45, 2.75) is 19.8 Å². The van der Waals surface area contributed by atoms with Gasteiger partial charge >= 0.3 is 5.97 Å². The van der Waals surface area contributed by atoms with Crippen LogP contribution in [0.3, 0.4) is 0 Å². The molecule has 0 radical (unpaired) electrons. The van der Waals surface area contributed by atoms with E-state index in [0.717, 1.165) is 6.42 Å². The SMILES string of the molecule is CCCNC(=O)CCNc1cc(C(=O)O)cc(Cl)n1. The monoisotopic (exact) mass is 285 g/mol. The lowest BCUT2D eigenvalue weighted by molar-refractivity contribution is -0.120. The van der Waals surface area contributed by atoms with E-state index < -0.39 is 5.97 Å². The molecule has 0 aromatic carbocycles. The van der Waals surface area contributed by atoms with Crippen LogP contribution in [0.15, 0.2) is 12.1 Å². The lowest BCUT2D eigenvalue weighted by Crippen LogP contribution is -2.26. The number of anilines is 1. The number of halogens is 1. The highest BCUT2D eigenvalue weighted by atomic mass is 35.5. The molecule has 0 fully saturated rings. The number of hydrogen-bond donors (Lipinski definition) is 3. The van der Waals surface area contributed by atoms with E-state index in [2.05, 4.69) is 15.6 Å². The molecule has 0 bridgehead atoms. The summed E-state index contributed by atoms with van der Waals surface area (Å²) in [5.41, 5.74) is 0.0536. The molecule has 0 saturated carbocycles. The molecule has 0 unspecified atom stereocenters. The molecule has 0 atom stereocenters. The van der Waals surface area contributed by atoms with Crippen molar-refractivity contribution in [1.82, 2.24) is 10.3 Å². The van der Waals surface area contributed by atoms with Crippen LogP contribution in [0.25, 0.3) is 0 Å². The van der Waals surface area contributed by atoms with Crippen molar-refractivity contribution in [3.05, 3.63) is 22.8 Å². The van der Waals surface area contributed by atoms with Gasteiger partial charge in [-0.15, -0.1) is 0 Å². The van der Waals surface area contributed by atoms with Crippen LogP contribution in [0.2, 0.25) is 5.15 Å². The number of carbonyl (C=O) groups excluding carboxylic acids is 1. The van der Waals surface area contributed by atoms with E-state index in [1.807, 2.05) is 6.92 Å². The van der Waals surface area contributed by atoms with Crippen LogP contribution in [0, 0.1) is 0 Å². The predicted octanol–water partition coefficient (Wildman–Crippen LogP) is 1.76. The molecule has 1 rings (SSSR count). The zero-order chi connectivity index (χ0) is 14.3. The van der Waals surface area contributed by atoms with Gasteiger partial charge in [0.25, 0.3) is 0 Å². The molecule has 6 nitrogen and oxygen atoms in total. The van der Waals surface area contributed by atoms with Crippen molar-refractivity contribution < 1.29 is 14.7 Å². The third-order valence-electron chi connectivity index (χ3n) is 2.27. The molecule has 1 heterocycles. The van der Waals surface area contributed by atoms with Crippen molar-refractivity contribution >= 4 is 29.3 Å². The van der Waals surface area contributed by atoms with E-state index >= 15 is 0 Å². The third-order valence-corrected chi connectivity index (χ3v) is 2.47. The Kier molecular flexibility index (Phi) is 6.08. The normalized spacial score (nSPS) is 10.0. The number of amides is 1. The van der Waals surface area contributed by atoms with Gasteiger partial charge in [-0.25, -0.2) is 9.78 Å². The average Bonchev–Trinajstić information content (AvgIpc) is 2.35. The van der Waals surface area contributed by atoms with E-state index in [1.54, 1.807) is 0 Å². The molecular formula is C12H16ClN3O3. The maximum Gasteiger partial charge on any atom is 0.335 e. The summed E-state index contributed by atoms with van der Waals surface area (Å²) in [5, 5.41) is 14.6. The predicted molar refractivity (Wildman–Crippen MR) is 72.6 cm³/mol. The maximum absolute atomic E-state index is 11.3. The molecule has 0 aliphatic heterocycles. The highest BCUT2D eigenvalue weighted by Gasteiger charge is 2.07. The van der Waals surface area contributed by atoms with Crippen molar-refractivity contribution in [3.8, 4) is 0 Å². The number of nitrogens with zero attached hydrogens (tertiary/aromatic N) is 1. The summed E-state index contributed by atoms with van der Waals surface area (Å²) in [6.45, 7) is 2.99. The van der Waals surface area contributed by atoms with Crippen LogP contribution in [0.4, 0.5) is 5.82 Å². The Hall–Kier alpha value is -1.82. The molecule has 1 aromatic rings. The van der Waals surface area contributed by atoms with Crippen LogP contribution >= 0.6 is 11.6 Å². The molecule has 1 amide bonds.